The van der Waals surface area contributed by atoms with Gasteiger partial charge in [-0.05, 0) is 42.9 Å². The first-order valence-electron chi connectivity index (χ1n) is 9.38. The van der Waals surface area contributed by atoms with E-state index in [9.17, 15) is 19.5 Å². The van der Waals surface area contributed by atoms with E-state index in [-0.39, 0.29) is 41.9 Å². The van der Waals surface area contributed by atoms with E-state index >= 15 is 0 Å². The number of nitrogens with one attached hydrogen (secondary N) is 1. The largest absolute Gasteiger partial charge is 0.478 e. The molecule has 2 aliphatic rings. The summed E-state index contributed by atoms with van der Waals surface area (Å²) in [6.07, 6.45) is 2.95. The second-order valence-corrected chi connectivity index (χ2v) is 8.50. The van der Waals surface area contributed by atoms with E-state index in [1.54, 1.807) is 11.0 Å². The number of benzene rings is 1. The van der Waals surface area contributed by atoms with Crippen molar-refractivity contribution in [1.82, 2.24) is 5.32 Å². The lowest BCUT2D eigenvalue weighted by atomic mass is 9.90. The average Bonchev–Trinajstić information content (AvgIpc) is 2.53. The van der Waals surface area contributed by atoms with Gasteiger partial charge in [0.05, 0.1) is 23.5 Å². The van der Waals surface area contributed by atoms with Gasteiger partial charge in [0.1, 0.15) is 6.54 Å². The molecular weight excluding hydrogens is 346 g/mol. The molecule has 0 saturated heterocycles. The summed E-state index contributed by atoms with van der Waals surface area (Å²) in [6.45, 7) is 6.92. The standard InChI is InChI=1S/C20H27N3O4/c1-20(2,3)12-21-10-17(24)22-11-18(25)23(14-5-4-6-14)15-8-7-13(19(26)27)9-16(15)22/h7-9,14,21H,4-6,10-12H2,1-3H3,(H,26,27). The molecule has 2 N–H and O–H groups in total. The Hall–Kier alpha value is -2.41. The molecular formula is C20H27N3O4. The van der Waals surface area contributed by atoms with Gasteiger partial charge in [-0.25, -0.2) is 4.79 Å². The van der Waals surface area contributed by atoms with Gasteiger partial charge in [-0.2, -0.15) is 0 Å². The minimum Gasteiger partial charge on any atom is -0.478 e. The lowest BCUT2D eigenvalue weighted by Crippen LogP contribution is -2.55. The first-order valence-corrected chi connectivity index (χ1v) is 9.38. The molecule has 27 heavy (non-hydrogen) atoms. The third-order valence-corrected chi connectivity index (χ3v) is 5.01. The van der Waals surface area contributed by atoms with Crippen LogP contribution in [0.1, 0.15) is 50.4 Å². The number of hydrogen-bond acceptors (Lipinski definition) is 4. The molecule has 7 heteroatoms. The molecule has 146 valence electrons. The van der Waals surface area contributed by atoms with Crippen LogP contribution in [0.25, 0.3) is 0 Å². The second-order valence-electron chi connectivity index (χ2n) is 8.50. The zero-order valence-electron chi connectivity index (χ0n) is 16.1. The van der Waals surface area contributed by atoms with Crippen molar-refractivity contribution in [2.24, 2.45) is 5.41 Å². The molecule has 0 atom stereocenters. The summed E-state index contributed by atoms with van der Waals surface area (Å²) in [5, 5.41) is 12.5. The van der Waals surface area contributed by atoms with Crippen LogP contribution in [-0.4, -0.2) is 48.6 Å². The molecule has 1 fully saturated rings. The van der Waals surface area contributed by atoms with Gasteiger partial charge >= 0.3 is 5.97 Å². The lowest BCUT2D eigenvalue weighted by molar-refractivity contribution is -0.123. The molecule has 0 unspecified atom stereocenters. The molecule has 1 aromatic carbocycles. The van der Waals surface area contributed by atoms with Crippen molar-refractivity contribution in [1.29, 1.82) is 0 Å². The number of fused-ring (bicyclic) bond motifs is 1. The van der Waals surface area contributed by atoms with E-state index in [2.05, 4.69) is 26.1 Å². The molecule has 3 rings (SSSR count). The molecule has 1 aliphatic carbocycles. The van der Waals surface area contributed by atoms with Crippen molar-refractivity contribution in [3.8, 4) is 0 Å². The highest BCUT2D eigenvalue weighted by atomic mass is 16.4. The molecule has 7 nitrogen and oxygen atoms in total. The lowest BCUT2D eigenvalue weighted by Gasteiger charge is -2.43. The van der Waals surface area contributed by atoms with Crippen molar-refractivity contribution < 1.29 is 19.5 Å². The van der Waals surface area contributed by atoms with Gasteiger partial charge in [-0.3, -0.25) is 14.5 Å². The first-order chi connectivity index (χ1) is 12.7. The Labute approximate surface area is 159 Å². The Bertz CT molecular complexity index is 765. The summed E-state index contributed by atoms with van der Waals surface area (Å²) < 4.78 is 0. The second kappa shape index (κ2) is 7.31. The van der Waals surface area contributed by atoms with Gasteiger partial charge in [-0.15, -0.1) is 0 Å². The number of carbonyl (C=O) groups excluding carboxylic acids is 2. The first kappa shape index (κ1) is 19.4. The fourth-order valence-electron chi connectivity index (χ4n) is 3.41. The van der Waals surface area contributed by atoms with Crippen LogP contribution in [0.15, 0.2) is 18.2 Å². The number of carboxylic acid groups (broad SMARTS) is 1. The van der Waals surface area contributed by atoms with Crippen LogP contribution in [0.2, 0.25) is 0 Å². The van der Waals surface area contributed by atoms with Crippen LogP contribution < -0.4 is 15.1 Å². The van der Waals surface area contributed by atoms with Crippen LogP contribution in [-0.2, 0) is 9.59 Å². The predicted molar refractivity (Wildman–Crippen MR) is 103 cm³/mol. The molecule has 0 radical (unpaired) electrons. The van der Waals surface area contributed by atoms with Gasteiger partial charge < -0.3 is 15.3 Å². The molecule has 1 aromatic rings. The minimum absolute atomic E-state index is 0.0351. The maximum absolute atomic E-state index is 12.8. The number of carboxylic acids is 1. The van der Waals surface area contributed by atoms with E-state index < -0.39 is 5.97 Å². The van der Waals surface area contributed by atoms with Gasteiger partial charge in [0, 0.05) is 12.6 Å². The van der Waals surface area contributed by atoms with Gasteiger partial charge in [0.15, 0.2) is 0 Å². The van der Waals surface area contributed by atoms with Crippen LogP contribution in [0.4, 0.5) is 11.4 Å². The van der Waals surface area contributed by atoms with E-state index in [0.29, 0.717) is 17.9 Å². The molecule has 0 spiro atoms. The number of carbonyl (C=O) groups is 3. The van der Waals surface area contributed by atoms with Crippen molar-refractivity contribution in [3.63, 3.8) is 0 Å². The molecule has 1 heterocycles. The summed E-state index contributed by atoms with van der Waals surface area (Å²) in [6, 6.07) is 4.78. The Morgan fingerprint density at radius 2 is 1.93 bits per heavy atom. The Morgan fingerprint density at radius 3 is 2.48 bits per heavy atom. The highest BCUT2D eigenvalue weighted by molar-refractivity contribution is 6.12. The molecule has 1 saturated carbocycles. The minimum atomic E-state index is -1.05. The van der Waals surface area contributed by atoms with Crippen molar-refractivity contribution >= 4 is 29.2 Å². The fraction of sp³-hybridized carbons (Fsp3) is 0.550. The van der Waals surface area contributed by atoms with Crippen molar-refractivity contribution in [2.75, 3.05) is 29.4 Å². The van der Waals surface area contributed by atoms with Gasteiger partial charge in [0.2, 0.25) is 11.8 Å². The number of nitrogens with zero attached hydrogens (tertiary/aromatic N) is 2. The van der Waals surface area contributed by atoms with Crippen LogP contribution in [0, 0.1) is 5.41 Å². The maximum atomic E-state index is 12.8. The maximum Gasteiger partial charge on any atom is 0.335 e. The predicted octanol–water partition coefficient (Wildman–Crippen LogP) is 2.25. The van der Waals surface area contributed by atoms with Gasteiger partial charge in [-0.1, -0.05) is 20.8 Å². The summed E-state index contributed by atoms with van der Waals surface area (Å²) in [4.78, 5) is 40.1. The average molecular weight is 373 g/mol. The summed E-state index contributed by atoms with van der Waals surface area (Å²) in [5.74, 6) is -1.40. The fourth-order valence-corrected chi connectivity index (χ4v) is 3.41. The number of hydrogen-bond donors (Lipinski definition) is 2. The van der Waals surface area contributed by atoms with E-state index in [4.69, 9.17) is 0 Å². The van der Waals surface area contributed by atoms with Crippen LogP contribution in [0.5, 0.6) is 0 Å². The number of amides is 2. The topological polar surface area (TPSA) is 90.0 Å². The van der Waals surface area contributed by atoms with Crippen molar-refractivity contribution in [3.05, 3.63) is 23.8 Å². The Kier molecular flexibility index (Phi) is 5.24. The smallest absolute Gasteiger partial charge is 0.335 e. The normalized spacial score (nSPS) is 17.5. The monoisotopic (exact) mass is 373 g/mol. The van der Waals surface area contributed by atoms with Gasteiger partial charge in [0.25, 0.3) is 0 Å². The SMILES string of the molecule is CC(C)(C)CNCC(=O)N1CC(=O)N(C2CCC2)c2ccc(C(=O)O)cc21. The van der Waals surface area contributed by atoms with Crippen molar-refractivity contribution in [2.45, 2.75) is 46.1 Å². The van der Waals surface area contributed by atoms with E-state index in [1.807, 2.05) is 0 Å². The molecule has 1 aliphatic heterocycles. The van der Waals surface area contributed by atoms with Crippen LogP contribution in [0.3, 0.4) is 0 Å². The Morgan fingerprint density at radius 1 is 1.22 bits per heavy atom. The number of rotatable bonds is 5. The third kappa shape index (κ3) is 4.13. The van der Waals surface area contributed by atoms with E-state index in [0.717, 1.165) is 19.3 Å². The third-order valence-electron chi connectivity index (χ3n) is 5.01. The highest BCUT2D eigenvalue weighted by Crippen LogP contribution is 2.39. The summed E-state index contributed by atoms with van der Waals surface area (Å²) in [5.41, 5.74) is 1.28. The van der Waals surface area contributed by atoms with Crippen LogP contribution >= 0.6 is 0 Å². The quantitative estimate of drug-likeness (QED) is 0.826. The summed E-state index contributed by atoms with van der Waals surface area (Å²) >= 11 is 0. The molecule has 2 amide bonds. The molecule has 0 bridgehead atoms. The molecule has 0 aromatic heterocycles. The van der Waals surface area contributed by atoms with E-state index in [1.165, 1.54) is 17.0 Å². The zero-order chi connectivity index (χ0) is 19.8. The number of aromatic carboxylic acids is 1. The Balaban J connectivity index is 1.88. The summed E-state index contributed by atoms with van der Waals surface area (Å²) in [7, 11) is 0. The zero-order valence-corrected chi connectivity index (χ0v) is 16.1. The highest BCUT2D eigenvalue weighted by Gasteiger charge is 2.38. The number of anilines is 2.